The monoisotopic (exact) mass is 433 g/mol. The summed E-state index contributed by atoms with van der Waals surface area (Å²) in [4.78, 5) is 42.9. The van der Waals surface area contributed by atoms with Gasteiger partial charge >= 0.3 is 5.97 Å². The van der Waals surface area contributed by atoms with Crippen molar-refractivity contribution in [3.05, 3.63) is 66.0 Å². The molecule has 0 bridgehead atoms. The molecule has 4 rings (SSSR count). The number of piperidine rings is 1. The Morgan fingerprint density at radius 2 is 1.81 bits per heavy atom. The normalized spacial score (nSPS) is 14.1. The van der Waals surface area contributed by atoms with Gasteiger partial charge in [0.05, 0.1) is 18.4 Å². The average Bonchev–Trinajstić information content (AvgIpc) is 3.34. The van der Waals surface area contributed by atoms with Gasteiger partial charge in [-0.2, -0.15) is 5.10 Å². The molecule has 0 unspecified atom stereocenters. The summed E-state index contributed by atoms with van der Waals surface area (Å²) < 4.78 is 4.67. The Bertz CT molecular complexity index is 1100. The van der Waals surface area contributed by atoms with E-state index in [-0.39, 0.29) is 17.7 Å². The Morgan fingerprint density at radius 1 is 1.06 bits per heavy atom. The number of anilines is 1. The topological polar surface area (TPSA) is 117 Å². The first kappa shape index (κ1) is 21.2. The summed E-state index contributed by atoms with van der Waals surface area (Å²) in [7, 11) is 1.32. The average molecular weight is 433 g/mol. The van der Waals surface area contributed by atoms with Crippen molar-refractivity contribution in [2.75, 3.05) is 25.5 Å². The first-order valence-electron chi connectivity index (χ1n) is 10.3. The highest BCUT2D eigenvalue weighted by molar-refractivity contribution is 5.95. The predicted molar refractivity (Wildman–Crippen MR) is 117 cm³/mol. The van der Waals surface area contributed by atoms with E-state index in [1.807, 2.05) is 18.2 Å². The zero-order valence-electron chi connectivity index (χ0n) is 17.6. The number of likely N-dealkylation sites (tertiary alicyclic amines) is 1. The molecule has 9 heteroatoms. The van der Waals surface area contributed by atoms with Crippen LogP contribution in [0.5, 0.6) is 0 Å². The molecule has 0 atom stereocenters. The highest BCUT2D eigenvalue weighted by Crippen LogP contribution is 2.22. The van der Waals surface area contributed by atoms with E-state index < -0.39 is 5.97 Å². The van der Waals surface area contributed by atoms with Crippen molar-refractivity contribution in [3.63, 3.8) is 0 Å². The minimum atomic E-state index is -0.427. The number of rotatable bonds is 5. The molecule has 1 saturated heterocycles. The van der Waals surface area contributed by atoms with E-state index in [1.165, 1.54) is 7.11 Å². The van der Waals surface area contributed by atoms with Crippen LogP contribution in [0.2, 0.25) is 0 Å². The molecule has 1 aliphatic rings. The number of hydrogen-bond acceptors (Lipinski definition) is 6. The zero-order chi connectivity index (χ0) is 22.5. The standard InChI is InChI=1S/C23H23N5O4/c1-32-23(31)16-5-7-17(8-6-16)25-21(29)15-9-12-28(13-10-15)22(30)20-14-19(26-27-20)18-4-2-3-11-24-18/h2-8,11,14-15H,9-10,12-13H2,1H3,(H,25,29)(H,26,27). The van der Waals surface area contributed by atoms with Crippen LogP contribution in [0.15, 0.2) is 54.7 Å². The lowest BCUT2D eigenvalue weighted by molar-refractivity contribution is -0.121. The van der Waals surface area contributed by atoms with Crippen molar-refractivity contribution < 1.29 is 19.1 Å². The highest BCUT2D eigenvalue weighted by Gasteiger charge is 2.28. The van der Waals surface area contributed by atoms with Crippen LogP contribution >= 0.6 is 0 Å². The first-order chi connectivity index (χ1) is 15.5. The van der Waals surface area contributed by atoms with Crippen molar-refractivity contribution in [1.29, 1.82) is 0 Å². The van der Waals surface area contributed by atoms with E-state index in [0.717, 1.165) is 0 Å². The SMILES string of the molecule is COC(=O)c1ccc(NC(=O)C2CCN(C(=O)c3cc(-c4ccccn4)n[nH]3)CC2)cc1. The number of ether oxygens (including phenoxy) is 1. The molecule has 1 aliphatic heterocycles. The quantitative estimate of drug-likeness (QED) is 0.598. The number of nitrogens with zero attached hydrogens (tertiary/aromatic N) is 3. The van der Waals surface area contributed by atoms with Gasteiger partial charge in [-0.05, 0) is 55.3 Å². The Hall–Kier alpha value is -4.01. The maximum atomic E-state index is 12.8. The molecule has 164 valence electrons. The van der Waals surface area contributed by atoms with Crippen LogP contribution in [0.3, 0.4) is 0 Å². The highest BCUT2D eigenvalue weighted by atomic mass is 16.5. The Balaban J connectivity index is 1.31. The van der Waals surface area contributed by atoms with Gasteiger partial charge in [-0.3, -0.25) is 19.7 Å². The third-order valence-electron chi connectivity index (χ3n) is 5.46. The van der Waals surface area contributed by atoms with Gasteiger partial charge in [0.25, 0.3) is 5.91 Å². The van der Waals surface area contributed by atoms with Gasteiger partial charge in [0.15, 0.2) is 0 Å². The summed E-state index contributed by atoms with van der Waals surface area (Å²) in [6, 6.07) is 13.7. The van der Waals surface area contributed by atoms with Crippen LogP contribution < -0.4 is 5.32 Å². The van der Waals surface area contributed by atoms with E-state index in [9.17, 15) is 14.4 Å². The Kier molecular flexibility index (Phi) is 6.25. The van der Waals surface area contributed by atoms with Gasteiger partial charge in [-0.1, -0.05) is 6.07 Å². The summed E-state index contributed by atoms with van der Waals surface area (Å²) >= 11 is 0. The second kappa shape index (κ2) is 9.42. The number of carbonyl (C=O) groups excluding carboxylic acids is 3. The fourth-order valence-corrected chi connectivity index (χ4v) is 3.64. The van der Waals surface area contributed by atoms with E-state index in [0.29, 0.717) is 54.3 Å². The molecule has 0 spiro atoms. The molecule has 32 heavy (non-hydrogen) atoms. The number of methoxy groups -OCH3 is 1. The van der Waals surface area contributed by atoms with Gasteiger partial charge in [0, 0.05) is 30.9 Å². The summed E-state index contributed by atoms with van der Waals surface area (Å²) in [6.45, 7) is 0.965. The maximum Gasteiger partial charge on any atom is 0.337 e. The largest absolute Gasteiger partial charge is 0.465 e. The van der Waals surface area contributed by atoms with Gasteiger partial charge in [-0.25, -0.2) is 4.79 Å². The lowest BCUT2D eigenvalue weighted by Crippen LogP contribution is -2.41. The second-order valence-electron chi connectivity index (χ2n) is 7.51. The van der Waals surface area contributed by atoms with Crippen molar-refractivity contribution in [2.24, 2.45) is 5.92 Å². The van der Waals surface area contributed by atoms with Crippen molar-refractivity contribution in [3.8, 4) is 11.4 Å². The van der Waals surface area contributed by atoms with E-state index in [2.05, 4.69) is 25.2 Å². The number of esters is 1. The van der Waals surface area contributed by atoms with Crippen LogP contribution in [0.1, 0.15) is 33.7 Å². The molecule has 2 aromatic heterocycles. The van der Waals surface area contributed by atoms with Gasteiger partial charge in [0.1, 0.15) is 11.4 Å². The van der Waals surface area contributed by atoms with Crippen LogP contribution in [0.25, 0.3) is 11.4 Å². The van der Waals surface area contributed by atoms with Gasteiger partial charge < -0.3 is 15.0 Å². The molecule has 0 radical (unpaired) electrons. The minimum Gasteiger partial charge on any atom is -0.465 e. The summed E-state index contributed by atoms with van der Waals surface area (Å²) in [5.74, 6) is -0.853. The first-order valence-corrected chi connectivity index (χ1v) is 10.3. The third-order valence-corrected chi connectivity index (χ3v) is 5.46. The summed E-state index contributed by atoms with van der Waals surface area (Å²) in [5.41, 5.74) is 2.74. The molecule has 0 saturated carbocycles. The predicted octanol–water partition coefficient (Wildman–Crippen LogP) is 2.75. The smallest absolute Gasteiger partial charge is 0.337 e. The number of carbonyl (C=O) groups is 3. The number of amides is 2. The summed E-state index contributed by atoms with van der Waals surface area (Å²) in [6.07, 6.45) is 2.81. The van der Waals surface area contributed by atoms with E-state index in [4.69, 9.17) is 0 Å². The van der Waals surface area contributed by atoms with Crippen molar-refractivity contribution in [2.45, 2.75) is 12.8 Å². The number of aromatic nitrogens is 3. The summed E-state index contributed by atoms with van der Waals surface area (Å²) in [5, 5.41) is 9.85. The Labute approximate surface area is 184 Å². The fraction of sp³-hybridized carbons (Fsp3) is 0.261. The molecule has 9 nitrogen and oxygen atoms in total. The molecular formula is C23H23N5O4. The molecule has 0 aliphatic carbocycles. The minimum absolute atomic E-state index is 0.0955. The lowest BCUT2D eigenvalue weighted by Gasteiger charge is -2.31. The molecule has 1 aromatic carbocycles. The Morgan fingerprint density at radius 3 is 2.47 bits per heavy atom. The zero-order valence-corrected chi connectivity index (χ0v) is 17.6. The number of H-pyrrole nitrogens is 1. The van der Waals surface area contributed by atoms with Crippen LogP contribution in [0.4, 0.5) is 5.69 Å². The molecule has 1 fully saturated rings. The number of hydrogen-bond donors (Lipinski definition) is 2. The maximum absolute atomic E-state index is 12.8. The molecular weight excluding hydrogens is 410 g/mol. The number of nitrogens with one attached hydrogen (secondary N) is 2. The molecule has 3 aromatic rings. The van der Waals surface area contributed by atoms with Crippen LogP contribution in [-0.2, 0) is 9.53 Å². The second-order valence-corrected chi connectivity index (χ2v) is 7.51. The van der Waals surface area contributed by atoms with Crippen molar-refractivity contribution >= 4 is 23.5 Å². The fourth-order valence-electron chi connectivity index (χ4n) is 3.64. The third kappa shape index (κ3) is 4.66. The van der Waals surface area contributed by atoms with Gasteiger partial charge in [-0.15, -0.1) is 0 Å². The molecule has 2 amide bonds. The molecule has 3 heterocycles. The number of pyridine rings is 1. The van der Waals surface area contributed by atoms with Gasteiger partial charge in [0.2, 0.25) is 5.91 Å². The van der Waals surface area contributed by atoms with E-state index >= 15 is 0 Å². The number of aromatic amines is 1. The molecule has 2 N–H and O–H groups in total. The van der Waals surface area contributed by atoms with E-state index in [1.54, 1.807) is 41.4 Å². The lowest BCUT2D eigenvalue weighted by atomic mass is 9.95. The van der Waals surface area contributed by atoms with Crippen molar-refractivity contribution in [1.82, 2.24) is 20.1 Å². The van der Waals surface area contributed by atoms with Crippen LogP contribution in [0, 0.1) is 5.92 Å². The van der Waals surface area contributed by atoms with Crippen LogP contribution in [-0.4, -0.2) is 58.1 Å². The number of benzene rings is 1.